The Balaban J connectivity index is 3.66. The summed E-state index contributed by atoms with van der Waals surface area (Å²) in [5.41, 5.74) is 0. The molecule has 0 rings (SSSR count). The predicted molar refractivity (Wildman–Crippen MR) is 53.0 cm³/mol. The second-order valence-corrected chi connectivity index (χ2v) is 3.17. The lowest BCUT2D eigenvalue weighted by atomic mass is 10.2. The highest BCUT2D eigenvalue weighted by Crippen LogP contribution is 2.05. The summed E-state index contributed by atoms with van der Waals surface area (Å²) in [6, 6.07) is 0. The van der Waals surface area contributed by atoms with E-state index in [0.29, 0.717) is 13.2 Å². The number of ether oxygens (including phenoxy) is 2. The minimum atomic E-state index is -0.279. The molecule has 0 aromatic heterocycles. The lowest BCUT2D eigenvalue weighted by Crippen LogP contribution is -2.23. The van der Waals surface area contributed by atoms with Gasteiger partial charge in [0.1, 0.15) is 6.10 Å². The van der Waals surface area contributed by atoms with Crippen molar-refractivity contribution in [3.63, 3.8) is 0 Å². The molecule has 84 valence electrons. The molecule has 1 atom stereocenters. The van der Waals surface area contributed by atoms with Crippen molar-refractivity contribution in [3.05, 3.63) is 0 Å². The quantitative estimate of drug-likeness (QED) is 0.475. The Morgan fingerprint density at radius 2 is 2.21 bits per heavy atom. The van der Waals surface area contributed by atoms with Crippen LogP contribution in [0, 0.1) is 0 Å². The molecule has 0 saturated heterocycles. The van der Waals surface area contributed by atoms with Crippen LogP contribution in [0.5, 0.6) is 0 Å². The number of unbranched alkanes of at least 4 members (excludes halogenated alkanes) is 1. The zero-order valence-electron chi connectivity index (χ0n) is 8.99. The highest BCUT2D eigenvalue weighted by atomic mass is 16.6. The summed E-state index contributed by atoms with van der Waals surface area (Å²) in [5.74, 6) is -0.279. The van der Waals surface area contributed by atoms with E-state index in [1.165, 1.54) is 6.92 Å². The van der Waals surface area contributed by atoms with Crippen LogP contribution in [-0.2, 0) is 14.3 Å². The Hall–Kier alpha value is -0.610. The van der Waals surface area contributed by atoms with Crippen molar-refractivity contribution in [2.75, 3.05) is 19.8 Å². The number of carbonyl (C=O) groups excluding carboxylic acids is 1. The maximum atomic E-state index is 10.7. The van der Waals surface area contributed by atoms with Crippen molar-refractivity contribution in [2.45, 2.75) is 39.2 Å². The van der Waals surface area contributed by atoms with E-state index in [2.05, 4.69) is 6.92 Å². The van der Waals surface area contributed by atoms with Gasteiger partial charge >= 0.3 is 5.97 Å². The molecular formula is C10H20O4. The molecule has 4 nitrogen and oxygen atoms in total. The molecule has 0 bridgehead atoms. The first kappa shape index (κ1) is 13.4. The first-order valence-corrected chi connectivity index (χ1v) is 5.06. The SMILES string of the molecule is CCCCC(COCCO)OC(C)=O. The molecule has 4 heteroatoms. The van der Waals surface area contributed by atoms with Crippen molar-refractivity contribution in [1.82, 2.24) is 0 Å². The minimum absolute atomic E-state index is 0.000565. The standard InChI is InChI=1S/C10H20O4/c1-3-4-5-10(14-9(2)12)8-13-7-6-11/h10-11H,3-8H2,1-2H3. The number of hydrogen-bond donors (Lipinski definition) is 1. The van der Waals surface area contributed by atoms with Crippen LogP contribution >= 0.6 is 0 Å². The average Bonchev–Trinajstić information content (AvgIpc) is 2.13. The van der Waals surface area contributed by atoms with Crippen LogP contribution in [0.25, 0.3) is 0 Å². The first-order chi connectivity index (χ1) is 6.70. The van der Waals surface area contributed by atoms with Crippen molar-refractivity contribution < 1.29 is 19.4 Å². The fraction of sp³-hybridized carbons (Fsp3) is 0.900. The summed E-state index contributed by atoms with van der Waals surface area (Å²) >= 11 is 0. The molecule has 0 saturated carbocycles. The molecule has 0 aromatic rings. The van der Waals surface area contributed by atoms with Crippen LogP contribution in [-0.4, -0.2) is 37.0 Å². The number of hydrogen-bond acceptors (Lipinski definition) is 4. The van der Waals surface area contributed by atoms with Gasteiger partial charge in [-0.1, -0.05) is 13.3 Å². The summed E-state index contributed by atoms with van der Waals surface area (Å²) in [4.78, 5) is 10.7. The minimum Gasteiger partial charge on any atom is -0.460 e. The topological polar surface area (TPSA) is 55.8 Å². The van der Waals surface area contributed by atoms with E-state index >= 15 is 0 Å². The zero-order valence-corrected chi connectivity index (χ0v) is 8.99. The van der Waals surface area contributed by atoms with Gasteiger partial charge in [-0.05, 0) is 12.8 Å². The molecule has 0 aliphatic carbocycles. The van der Waals surface area contributed by atoms with Gasteiger partial charge < -0.3 is 14.6 Å². The van der Waals surface area contributed by atoms with E-state index in [4.69, 9.17) is 14.6 Å². The average molecular weight is 204 g/mol. The van der Waals surface area contributed by atoms with Crippen LogP contribution in [0.15, 0.2) is 0 Å². The fourth-order valence-electron chi connectivity index (χ4n) is 1.12. The van der Waals surface area contributed by atoms with Gasteiger partial charge in [0, 0.05) is 6.92 Å². The number of aliphatic hydroxyl groups is 1. The maximum Gasteiger partial charge on any atom is 0.302 e. The molecule has 0 aromatic carbocycles. The third-order valence-corrected chi connectivity index (χ3v) is 1.75. The van der Waals surface area contributed by atoms with Gasteiger partial charge in [0.05, 0.1) is 19.8 Å². The third kappa shape index (κ3) is 8.01. The van der Waals surface area contributed by atoms with E-state index in [-0.39, 0.29) is 18.7 Å². The molecule has 0 spiro atoms. The molecule has 0 aliphatic heterocycles. The molecular weight excluding hydrogens is 184 g/mol. The van der Waals surface area contributed by atoms with E-state index in [1.807, 2.05) is 0 Å². The largest absolute Gasteiger partial charge is 0.460 e. The lowest BCUT2D eigenvalue weighted by Gasteiger charge is -2.16. The van der Waals surface area contributed by atoms with Crippen molar-refractivity contribution in [1.29, 1.82) is 0 Å². The van der Waals surface area contributed by atoms with Gasteiger partial charge in [-0.15, -0.1) is 0 Å². The molecule has 0 aliphatic rings. The Bertz CT molecular complexity index is 147. The Morgan fingerprint density at radius 1 is 1.50 bits per heavy atom. The highest BCUT2D eigenvalue weighted by molar-refractivity contribution is 5.66. The van der Waals surface area contributed by atoms with Crippen molar-refractivity contribution >= 4 is 5.97 Å². The van der Waals surface area contributed by atoms with E-state index in [0.717, 1.165) is 19.3 Å². The summed E-state index contributed by atoms with van der Waals surface area (Å²) in [6.45, 7) is 4.15. The van der Waals surface area contributed by atoms with E-state index in [9.17, 15) is 4.79 Å². The van der Waals surface area contributed by atoms with E-state index in [1.54, 1.807) is 0 Å². The van der Waals surface area contributed by atoms with Gasteiger partial charge in [-0.2, -0.15) is 0 Å². The summed E-state index contributed by atoms with van der Waals surface area (Å²) in [7, 11) is 0. The first-order valence-electron chi connectivity index (χ1n) is 5.06. The van der Waals surface area contributed by atoms with Crippen LogP contribution in [0.1, 0.15) is 33.1 Å². The summed E-state index contributed by atoms with van der Waals surface area (Å²) in [6.07, 6.45) is 2.73. The van der Waals surface area contributed by atoms with Crippen LogP contribution in [0.4, 0.5) is 0 Å². The van der Waals surface area contributed by atoms with Crippen LogP contribution in [0.3, 0.4) is 0 Å². The smallest absolute Gasteiger partial charge is 0.302 e. The maximum absolute atomic E-state index is 10.7. The number of esters is 1. The molecule has 1 unspecified atom stereocenters. The number of rotatable bonds is 8. The molecule has 1 N–H and O–H groups in total. The van der Waals surface area contributed by atoms with Gasteiger partial charge in [0.25, 0.3) is 0 Å². The lowest BCUT2D eigenvalue weighted by molar-refractivity contribution is -0.150. The summed E-state index contributed by atoms with van der Waals surface area (Å²) in [5, 5.41) is 8.50. The normalized spacial score (nSPS) is 12.5. The zero-order chi connectivity index (χ0) is 10.8. The number of carbonyl (C=O) groups is 1. The monoisotopic (exact) mass is 204 g/mol. The highest BCUT2D eigenvalue weighted by Gasteiger charge is 2.11. The fourth-order valence-corrected chi connectivity index (χ4v) is 1.12. The van der Waals surface area contributed by atoms with Crippen LogP contribution in [0.2, 0.25) is 0 Å². The van der Waals surface area contributed by atoms with E-state index < -0.39 is 0 Å². The molecule has 0 radical (unpaired) electrons. The predicted octanol–water partition coefficient (Wildman–Crippen LogP) is 1.12. The third-order valence-electron chi connectivity index (χ3n) is 1.75. The van der Waals surface area contributed by atoms with Crippen molar-refractivity contribution in [2.24, 2.45) is 0 Å². The van der Waals surface area contributed by atoms with Gasteiger partial charge in [-0.25, -0.2) is 0 Å². The van der Waals surface area contributed by atoms with Gasteiger partial charge in [-0.3, -0.25) is 4.79 Å². The molecule has 14 heavy (non-hydrogen) atoms. The molecule has 0 fully saturated rings. The second kappa shape index (κ2) is 8.97. The Labute approximate surface area is 85.2 Å². The van der Waals surface area contributed by atoms with Crippen LogP contribution < -0.4 is 0 Å². The summed E-state index contributed by atoms with van der Waals surface area (Å²) < 4.78 is 10.2. The Morgan fingerprint density at radius 3 is 2.71 bits per heavy atom. The van der Waals surface area contributed by atoms with Gasteiger partial charge in [0.2, 0.25) is 0 Å². The van der Waals surface area contributed by atoms with Crippen molar-refractivity contribution in [3.8, 4) is 0 Å². The van der Waals surface area contributed by atoms with Gasteiger partial charge in [0.15, 0.2) is 0 Å². The molecule has 0 amide bonds. The number of aliphatic hydroxyl groups excluding tert-OH is 1. The molecule has 0 heterocycles. The Kier molecular flexibility index (Phi) is 8.57. The second-order valence-electron chi connectivity index (χ2n) is 3.17.